The van der Waals surface area contributed by atoms with Crippen molar-refractivity contribution in [3.05, 3.63) is 95.6 Å². The molecule has 0 saturated carbocycles. The van der Waals surface area contributed by atoms with Crippen molar-refractivity contribution >= 4 is 51.7 Å². The molecule has 0 bridgehead atoms. The highest BCUT2D eigenvalue weighted by Gasteiger charge is 2.30. The highest BCUT2D eigenvalue weighted by molar-refractivity contribution is 7.98. The lowest BCUT2D eigenvalue weighted by atomic mass is 10.2. The normalized spacial score (nSPS) is 13.2. The molecule has 0 saturated heterocycles. The van der Waals surface area contributed by atoms with Gasteiger partial charge in [0, 0.05) is 35.0 Å². The number of hydrogen-bond acceptors (Lipinski definition) is 11. The second-order valence-electron chi connectivity index (χ2n) is 12.3. The van der Waals surface area contributed by atoms with E-state index in [4.69, 9.17) is 28.9 Å². The fraction of sp³-hybridized carbons (Fsp3) is 0.324. The molecular formula is C37H34F6N6O5S2. The molecule has 296 valence electrons. The predicted molar refractivity (Wildman–Crippen MR) is 197 cm³/mol. The first-order valence-electron chi connectivity index (χ1n) is 16.9. The summed E-state index contributed by atoms with van der Waals surface area (Å²) in [6.45, 7) is 3.69. The highest BCUT2D eigenvalue weighted by Crippen LogP contribution is 2.35. The van der Waals surface area contributed by atoms with Crippen LogP contribution in [0.5, 0.6) is 11.5 Å². The molecule has 0 spiro atoms. The van der Waals surface area contributed by atoms with Gasteiger partial charge in [-0.3, -0.25) is 19.1 Å². The van der Waals surface area contributed by atoms with Crippen LogP contribution in [0.25, 0.3) is 22.1 Å². The van der Waals surface area contributed by atoms with Crippen molar-refractivity contribution in [1.29, 1.82) is 0 Å². The third kappa shape index (κ3) is 9.79. The Hall–Kier alpha value is -5.17. The van der Waals surface area contributed by atoms with Crippen molar-refractivity contribution in [3.63, 3.8) is 0 Å². The van der Waals surface area contributed by atoms with Crippen molar-refractivity contribution in [3.8, 4) is 11.5 Å². The van der Waals surface area contributed by atoms with Crippen LogP contribution in [0, 0.1) is 13.8 Å². The lowest BCUT2D eigenvalue weighted by Crippen LogP contribution is -2.20. The highest BCUT2D eigenvalue weighted by atomic mass is 32.2. The van der Waals surface area contributed by atoms with Gasteiger partial charge in [-0.1, -0.05) is 47.8 Å². The quantitative estimate of drug-likeness (QED) is 0.0594. The Bertz CT molecular complexity index is 2170. The second-order valence-corrected chi connectivity index (χ2v) is 14.2. The van der Waals surface area contributed by atoms with E-state index in [2.05, 4.69) is 9.97 Å². The number of hydrogen-bond donors (Lipinski definition) is 0. The van der Waals surface area contributed by atoms with E-state index in [1.807, 2.05) is 24.3 Å². The number of para-hydroxylation sites is 4. The zero-order valence-corrected chi connectivity index (χ0v) is 31.9. The summed E-state index contributed by atoms with van der Waals surface area (Å²) in [5.74, 6) is 0.580. The summed E-state index contributed by atoms with van der Waals surface area (Å²) in [4.78, 5) is 31.5. The Kier molecular flexibility index (Phi) is 12.2. The largest absolute Gasteiger partial charge is 0.512 e. The number of carbonyl (C=O) groups is 1. The van der Waals surface area contributed by atoms with Gasteiger partial charge in [-0.2, -0.15) is 26.3 Å². The molecule has 19 heteroatoms. The van der Waals surface area contributed by atoms with Crippen LogP contribution in [0.1, 0.15) is 48.8 Å². The molecule has 0 N–H and O–H groups in total. The van der Waals surface area contributed by atoms with E-state index in [9.17, 15) is 31.1 Å². The maximum atomic E-state index is 13.4. The minimum absolute atomic E-state index is 0.0673. The fourth-order valence-electron chi connectivity index (χ4n) is 5.67. The number of aromatic nitrogens is 6. The van der Waals surface area contributed by atoms with Crippen molar-refractivity contribution in [2.24, 2.45) is 0 Å². The molecule has 2 atom stereocenters. The number of rotatable bonds is 14. The number of carbonyl (C=O) groups excluding carboxylic acids is 1. The number of thioether (sulfide) groups is 2. The number of imidazole rings is 2. The van der Waals surface area contributed by atoms with Crippen LogP contribution in [-0.2, 0) is 21.0 Å². The smallest absolute Gasteiger partial charge is 0.484 e. The molecule has 4 heterocycles. The van der Waals surface area contributed by atoms with E-state index < -0.39 is 44.2 Å². The molecule has 0 aliphatic heterocycles. The standard InChI is InChI=1S/C37H34F6N6O5S2/c1-21-27(44-15-13-31(21)51-19-36(38,39)40)17-55-33-46-25-9-5-7-11-29(25)48(33)23(3)53-35(50)54-24(4)49-30-12-8-6-10-26(30)47-34(49)56-18-28-22(2)32(14-16-45-28)52-20-37(41,42)43/h5-16,23-24H,17-20H2,1-4H3. The minimum atomic E-state index is -4.49. The summed E-state index contributed by atoms with van der Waals surface area (Å²) < 4.78 is 102. The van der Waals surface area contributed by atoms with Crippen molar-refractivity contribution < 1.29 is 50.1 Å². The zero-order chi connectivity index (χ0) is 40.2. The van der Waals surface area contributed by atoms with E-state index in [1.165, 1.54) is 48.1 Å². The molecular weight excluding hydrogens is 787 g/mol. The SMILES string of the molecule is Cc1c(OCC(F)(F)F)ccnc1CSc1nc2ccccc2n1C(C)OC(=O)OC(C)n1c(SCc2nccc(OCC(F)(F)F)c2C)nc2ccccc21. The molecule has 6 rings (SSSR count). The van der Waals surface area contributed by atoms with Gasteiger partial charge in [0.25, 0.3) is 0 Å². The summed E-state index contributed by atoms with van der Waals surface area (Å²) in [5, 5.41) is 0.914. The number of pyridine rings is 2. The minimum Gasteiger partial charge on any atom is -0.484 e. The maximum absolute atomic E-state index is 13.4. The molecule has 0 radical (unpaired) electrons. The topological polar surface area (TPSA) is 115 Å². The van der Waals surface area contributed by atoms with Gasteiger partial charge < -0.3 is 18.9 Å². The summed E-state index contributed by atoms with van der Waals surface area (Å²) in [7, 11) is 0. The molecule has 0 aliphatic carbocycles. The third-order valence-corrected chi connectivity index (χ3v) is 10.3. The van der Waals surface area contributed by atoms with Gasteiger partial charge in [0.15, 0.2) is 36.0 Å². The van der Waals surface area contributed by atoms with E-state index in [1.54, 1.807) is 61.1 Å². The van der Waals surface area contributed by atoms with E-state index in [0.29, 0.717) is 54.9 Å². The van der Waals surface area contributed by atoms with Crippen LogP contribution in [0.3, 0.4) is 0 Å². The number of alkyl halides is 6. The molecule has 11 nitrogen and oxygen atoms in total. The van der Waals surface area contributed by atoms with E-state index in [0.717, 1.165) is 0 Å². The van der Waals surface area contributed by atoms with E-state index in [-0.39, 0.29) is 23.0 Å². The van der Waals surface area contributed by atoms with Gasteiger partial charge in [-0.05, 0) is 64.1 Å². The monoisotopic (exact) mass is 820 g/mol. The van der Waals surface area contributed by atoms with Gasteiger partial charge in [-0.25, -0.2) is 14.8 Å². The molecule has 2 unspecified atom stereocenters. The van der Waals surface area contributed by atoms with Crippen LogP contribution < -0.4 is 9.47 Å². The molecule has 0 fully saturated rings. The molecule has 4 aromatic heterocycles. The van der Waals surface area contributed by atoms with Crippen molar-refractivity contribution in [2.45, 2.75) is 74.3 Å². The predicted octanol–water partition coefficient (Wildman–Crippen LogP) is 10.2. The fourth-order valence-corrected chi connectivity index (χ4v) is 7.88. The van der Waals surface area contributed by atoms with Crippen molar-refractivity contribution in [2.75, 3.05) is 13.2 Å². The lowest BCUT2D eigenvalue weighted by molar-refractivity contribution is -0.154. The zero-order valence-electron chi connectivity index (χ0n) is 30.2. The Morgan fingerprint density at radius 3 is 1.45 bits per heavy atom. The van der Waals surface area contributed by atoms with Gasteiger partial charge in [0.1, 0.15) is 11.5 Å². The number of nitrogens with zero attached hydrogens (tertiary/aromatic N) is 6. The summed E-state index contributed by atoms with van der Waals surface area (Å²) in [6.07, 6.45) is -9.07. The number of ether oxygens (including phenoxy) is 4. The average Bonchev–Trinajstić information content (AvgIpc) is 3.70. The van der Waals surface area contributed by atoms with Crippen molar-refractivity contribution in [1.82, 2.24) is 29.1 Å². The molecule has 0 amide bonds. The summed E-state index contributed by atoms with van der Waals surface area (Å²) >= 11 is 2.51. The summed E-state index contributed by atoms with van der Waals surface area (Å²) in [6, 6.07) is 17.2. The Balaban J connectivity index is 1.17. The van der Waals surface area contributed by atoms with Crippen LogP contribution >= 0.6 is 23.5 Å². The first-order valence-corrected chi connectivity index (χ1v) is 18.9. The van der Waals surface area contributed by atoms with Crippen LogP contribution in [-0.4, -0.2) is 60.8 Å². The Morgan fingerprint density at radius 2 is 1.05 bits per heavy atom. The van der Waals surface area contributed by atoms with Gasteiger partial charge >= 0.3 is 18.5 Å². The Morgan fingerprint density at radius 1 is 0.661 bits per heavy atom. The molecule has 0 aliphatic rings. The Labute approximate surface area is 324 Å². The van der Waals surface area contributed by atoms with Gasteiger partial charge in [0.05, 0.1) is 33.5 Å². The lowest BCUT2D eigenvalue weighted by Gasteiger charge is -2.21. The molecule has 56 heavy (non-hydrogen) atoms. The first kappa shape index (κ1) is 40.5. The maximum Gasteiger partial charge on any atom is 0.512 e. The van der Waals surface area contributed by atoms with Gasteiger partial charge in [-0.15, -0.1) is 0 Å². The second kappa shape index (κ2) is 16.9. The molecule has 6 aromatic rings. The average molecular weight is 821 g/mol. The third-order valence-electron chi connectivity index (χ3n) is 8.36. The number of halogens is 6. The first-order chi connectivity index (χ1) is 26.6. The molecule has 2 aromatic carbocycles. The van der Waals surface area contributed by atoms with Crippen LogP contribution in [0.2, 0.25) is 0 Å². The number of fused-ring (bicyclic) bond motifs is 2. The summed E-state index contributed by atoms with van der Waals surface area (Å²) in [5.41, 5.74) is 4.44. The van der Waals surface area contributed by atoms with E-state index >= 15 is 0 Å². The van der Waals surface area contributed by atoms with Crippen LogP contribution in [0.4, 0.5) is 31.1 Å². The van der Waals surface area contributed by atoms with Crippen LogP contribution in [0.15, 0.2) is 83.4 Å². The van der Waals surface area contributed by atoms with Gasteiger partial charge in [0.2, 0.25) is 0 Å². The number of benzene rings is 2.